The van der Waals surface area contributed by atoms with E-state index in [4.69, 9.17) is 4.74 Å². The third-order valence-corrected chi connectivity index (χ3v) is 3.67. The van der Waals surface area contributed by atoms with Crippen LogP contribution in [0.2, 0.25) is 0 Å². The van der Waals surface area contributed by atoms with Gasteiger partial charge in [-0.15, -0.1) is 0 Å². The molecule has 1 amide bonds. The molecule has 25 heavy (non-hydrogen) atoms. The molecular formula is C20H21NO4. The van der Waals surface area contributed by atoms with E-state index in [0.717, 1.165) is 0 Å². The van der Waals surface area contributed by atoms with Crippen LogP contribution >= 0.6 is 0 Å². The molecule has 2 aromatic rings. The van der Waals surface area contributed by atoms with Gasteiger partial charge < -0.3 is 10.1 Å². The largest absolute Gasteiger partial charge is 0.465 e. The SMILES string of the molecule is COC(=O)c1ccccc1NC(=O)c1ccc(C(=O)C(C)(C)C)cc1. The first kappa shape index (κ1) is 18.4. The Morgan fingerprint density at radius 1 is 0.880 bits per heavy atom. The molecule has 130 valence electrons. The van der Waals surface area contributed by atoms with Crippen molar-refractivity contribution < 1.29 is 19.1 Å². The predicted molar refractivity (Wildman–Crippen MR) is 96.0 cm³/mol. The maximum atomic E-state index is 12.4. The number of amides is 1. The number of hydrogen-bond donors (Lipinski definition) is 1. The summed E-state index contributed by atoms with van der Waals surface area (Å²) in [6.45, 7) is 5.54. The normalized spacial score (nSPS) is 10.9. The van der Waals surface area contributed by atoms with Gasteiger partial charge in [-0.25, -0.2) is 4.79 Å². The van der Waals surface area contributed by atoms with Gasteiger partial charge in [0.05, 0.1) is 18.4 Å². The van der Waals surface area contributed by atoms with Gasteiger partial charge in [0.2, 0.25) is 0 Å². The van der Waals surface area contributed by atoms with Gasteiger partial charge >= 0.3 is 5.97 Å². The van der Waals surface area contributed by atoms with E-state index in [9.17, 15) is 14.4 Å². The Balaban J connectivity index is 2.20. The number of ether oxygens (including phenoxy) is 1. The van der Waals surface area contributed by atoms with Crippen LogP contribution in [0.3, 0.4) is 0 Å². The van der Waals surface area contributed by atoms with E-state index < -0.39 is 11.4 Å². The Hall–Kier alpha value is -2.95. The topological polar surface area (TPSA) is 72.5 Å². The third kappa shape index (κ3) is 4.32. The number of carbonyl (C=O) groups excluding carboxylic acids is 3. The molecular weight excluding hydrogens is 318 g/mol. The molecule has 0 heterocycles. The Morgan fingerprint density at radius 2 is 1.44 bits per heavy atom. The van der Waals surface area contributed by atoms with Crippen molar-refractivity contribution in [2.45, 2.75) is 20.8 Å². The van der Waals surface area contributed by atoms with Crippen LogP contribution in [0.1, 0.15) is 51.8 Å². The van der Waals surface area contributed by atoms with Crippen LogP contribution in [-0.2, 0) is 4.74 Å². The van der Waals surface area contributed by atoms with Gasteiger partial charge in [-0.05, 0) is 24.3 Å². The summed E-state index contributed by atoms with van der Waals surface area (Å²) in [5.41, 5.74) is 1.11. The highest BCUT2D eigenvalue weighted by molar-refractivity contribution is 6.08. The molecule has 0 aliphatic heterocycles. The van der Waals surface area contributed by atoms with E-state index in [2.05, 4.69) is 5.32 Å². The standard InChI is InChI=1S/C20H21NO4/c1-20(2,3)17(22)13-9-11-14(12-10-13)18(23)21-16-8-6-5-7-15(16)19(24)25-4/h5-12H,1-4H3,(H,21,23). The summed E-state index contributed by atoms with van der Waals surface area (Å²) >= 11 is 0. The fourth-order valence-corrected chi connectivity index (χ4v) is 2.28. The first-order valence-corrected chi connectivity index (χ1v) is 7.87. The lowest BCUT2D eigenvalue weighted by Crippen LogP contribution is -2.20. The molecule has 0 saturated heterocycles. The number of ketones is 1. The number of nitrogens with one attached hydrogen (secondary N) is 1. The second-order valence-electron chi connectivity index (χ2n) is 6.65. The average Bonchev–Trinajstić information content (AvgIpc) is 2.60. The number of anilines is 1. The van der Waals surface area contributed by atoms with Crippen molar-refractivity contribution in [2.75, 3.05) is 12.4 Å². The minimum atomic E-state index is -0.526. The van der Waals surface area contributed by atoms with E-state index in [-0.39, 0.29) is 17.3 Å². The van der Waals surface area contributed by atoms with Crippen molar-refractivity contribution in [1.29, 1.82) is 0 Å². The summed E-state index contributed by atoms with van der Waals surface area (Å²) in [4.78, 5) is 36.4. The lowest BCUT2D eigenvalue weighted by molar-refractivity contribution is 0.0601. The maximum Gasteiger partial charge on any atom is 0.339 e. The quantitative estimate of drug-likeness (QED) is 0.676. The molecule has 1 N–H and O–H groups in total. The second-order valence-corrected chi connectivity index (χ2v) is 6.65. The van der Waals surface area contributed by atoms with Gasteiger partial charge in [-0.2, -0.15) is 0 Å². The van der Waals surface area contributed by atoms with Crippen molar-refractivity contribution in [3.8, 4) is 0 Å². The molecule has 0 unspecified atom stereocenters. The second kappa shape index (κ2) is 7.30. The highest BCUT2D eigenvalue weighted by atomic mass is 16.5. The van der Waals surface area contributed by atoms with Gasteiger partial charge in [-0.1, -0.05) is 45.0 Å². The fraction of sp³-hybridized carbons (Fsp3) is 0.250. The molecule has 0 aromatic heterocycles. The van der Waals surface area contributed by atoms with E-state index in [0.29, 0.717) is 16.8 Å². The summed E-state index contributed by atoms with van der Waals surface area (Å²) in [5.74, 6) is -0.886. The van der Waals surface area contributed by atoms with Crippen molar-refractivity contribution in [3.05, 3.63) is 65.2 Å². The number of methoxy groups -OCH3 is 1. The zero-order valence-corrected chi connectivity index (χ0v) is 14.8. The lowest BCUT2D eigenvalue weighted by Gasteiger charge is -2.16. The summed E-state index contributed by atoms with van der Waals surface area (Å²) in [6.07, 6.45) is 0. The first-order chi connectivity index (χ1) is 11.7. The number of hydrogen-bond acceptors (Lipinski definition) is 4. The number of para-hydroxylation sites is 1. The monoisotopic (exact) mass is 339 g/mol. The number of Topliss-reactive ketones (excluding diaryl/α,β-unsaturated/α-hetero) is 1. The first-order valence-electron chi connectivity index (χ1n) is 7.87. The number of carbonyl (C=O) groups is 3. The number of esters is 1. The van der Waals surface area contributed by atoms with Crippen LogP contribution < -0.4 is 5.32 Å². The summed E-state index contributed by atoms with van der Waals surface area (Å²) in [7, 11) is 1.28. The molecule has 0 spiro atoms. The molecule has 2 rings (SSSR count). The van der Waals surface area contributed by atoms with Gasteiger partial charge in [0.15, 0.2) is 5.78 Å². The Labute approximate surface area is 147 Å². The van der Waals surface area contributed by atoms with E-state index in [1.807, 2.05) is 20.8 Å². The van der Waals surface area contributed by atoms with Crippen molar-refractivity contribution >= 4 is 23.3 Å². The van der Waals surface area contributed by atoms with Crippen molar-refractivity contribution in [1.82, 2.24) is 0 Å². The van der Waals surface area contributed by atoms with Crippen molar-refractivity contribution in [2.24, 2.45) is 5.41 Å². The average molecular weight is 339 g/mol. The molecule has 2 aromatic carbocycles. The third-order valence-electron chi connectivity index (χ3n) is 3.67. The van der Waals surface area contributed by atoms with E-state index >= 15 is 0 Å². The van der Waals surface area contributed by atoms with Gasteiger partial charge in [-0.3, -0.25) is 9.59 Å². The zero-order valence-electron chi connectivity index (χ0n) is 14.8. The highest BCUT2D eigenvalue weighted by Gasteiger charge is 2.23. The molecule has 5 heteroatoms. The zero-order chi connectivity index (χ0) is 18.6. The molecule has 5 nitrogen and oxygen atoms in total. The van der Waals surface area contributed by atoms with E-state index in [1.165, 1.54) is 7.11 Å². The van der Waals surface area contributed by atoms with Crippen molar-refractivity contribution in [3.63, 3.8) is 0 Å². The van der Waals surface area contributed by atoms with Crippen LogP contribution in [0.4, 0.5) is 5.69 Å². The number of benzene rings is 2. The van der Waals surface area contributed by atoms with Crippen LogP contribution in [0, 0.1) is 5.41 Å². The summed E-state index contributed by atoms with van der Waals surface area (Å²) < 4.78 is 4.71. The van der Waals surface area contributed by atoms with Crippen LogP contribution in [0.15, 0.2) is 48.5 Å². The smallest absolute Gasteiger partial charge is 0.339 e. The molecule has 0 aliphatic rings. The minimum absolute atomic E-state index is 0.00972. The van der Waals surface area contributed by atoms with E-state index in [1.54, 1.807) is 48.5 Å². The maximum absolute atomic E-state index is 12.4. The van der Waals surface area contributed by atoms with Gasteiger partial charge in [0, 0.05) is 16.5 Å². The van der Waals surface area contributed by atoms with Gasteiger partial charge in [0.25, 0.3) is 5.91 Å². The summed E-state index contributed by atoms with van der Waals surface area (Å²) in [5, 5.41) is 2.70. The Bertz CT molecular complexity index is 801. The molecule has 0 radical (unpaired) electrons. The Kier molecular flexibility index (Phi) is 5.37. The van der Waals surface area contributed by atoms with Crippen LogP contribution in [0.25, 0.3) is 0 Å². The summed E-state index contributed by atoms with van der Waals surface area (Å²) in [6, 6.07) is 13.1. The molecule has 0 fully saturated rings. The Morgan fingerprint density at radius 3 is 2.00 bits per heavy atom. The van der Waals surface area contributed by atoms with Crippen LogP contribution in [-0.4, -0.2) is 24.8 Å². The molecule has 0 bridgehead atoms. The van der Waals surface area contributed by atoms with Crippen LogP contribution in [0.5, 0.6) is 0 Å². The predicted octanol–water partition coefficient (Wildman–Crippen LogP) is 3.95. The minimum Gasteiger partial charge on any atom is -0.465 e. The fourth-order valence-electron chi connectivity index (χ4n) is 2.28. The molecule has 0 aliphatic carbocycles. The highest BCUT2D eigenvalue weighted by Crippen LogP contribution is 2.22. The molecule has 0 atom stereocenters. The molecule has 0 saturated carbocycles. The van der Waals surface area contributed by atoms with Gasteiger partial charge in [0.1, 0.15) is 0 Å². The lowest BCUT2D eigenvalue weighted by atomic mass is 9.86. The number of rotatable bonds is 4.